The van der Waals surface area contributed by atoms with Crippen LogP contribution in [0.15, 0.2) is 32.7 Å². The molecular weight excluding hydrogens is 282 g/mol. The molecule has 1 rings (SSSR count). The molecule has 0 amide bonds. The van der Waals surface area contributed by atoms with E-state index >= 15 is 0 Å². The number of hydrogen-bond acceptors (Lipinski definition) is 1. The van der Waals surface area contributed by atoms with Gasteiger partial charge in [-0.05, 0) is 29.7 Å². The first-order valence-corrected chi connectivity index (χ1v) is 5.92. The van der Waals surface area contributed by atoms with Gasteiger partial charge < -0.3 is 17.2 Å². The van der Waals surface area contributed by atoms with Crippen molar-refractivity contribution in [2.24, 2.45) is 27.2 Å². The zero-order valence-corrected chi connectivity index (χ0v) is 11.4. The van der Waals surface area contributed by atoms with Gasteiger partial charge in [0.2, 0.25) is 5.96 Å². The summed E-state index contributed by atoms with van der Waals surface area (Å²) in [7, 11) is 0. The zero-order valence-electron chi connectivity index (χ0n) is 9.81. The van der Waals surface area contributed by atoms with Crippen LogP contribution in [0.25, 0.3) is 0 Å². The standard InChI is InChI=1S/C11H16BrN5/c1-6(2)8-5-7(12)3-4-9(8)16-11(15)17-10(13)14/h3-6H,1-2H3,(H6,13,14,15,16,17). The highest BCUT2D eigenvalue weighted by atomic mass is 79.9. The fraction of sp³-hybridized carbons (Fsp3) is 0.273. The fourth-order valence-corrected chi connectivity index (χ4v) is 1.75. The van der Waals surface area contributed by atoms with E-state index < -0.39 is 0 Å². The monoisotopic (exact) mass is 297 g/mol. The maximum atomic E-state index is 5.60. The van der Waals surface area contributed by atoms with Crippen LogP contribution in [0.1, 0.15) is 25.3 Å². The molecule has 0 bridgehead atoms. The summed E-state index contributed by atoms with van der Waals surface area (Å²) in [5.74, 6) is 0.280. The summed E-state index contributed by atoms with van der Waals surface area (Å²) in [5, 5.41) is 0. The van der Waals surface area contributed by atoms with Crippen molar-refractivity contribution in [1.29, 1.82) is 0 Å². The Morgan fingerprint density at radius 1 is 1.24 bits per heavy atom. The molecular formula is C11H16BrN5. The van der Waals surface area contributed by atoms with Gasteiger partial charge in [0.25, 0.3) is 0 Å². The lowest BCUT2D eigenvalue weighted by Crippen LogP contribution is -2.26. The Bertz CT molecular complexity index is 461. The molecule has 6 heteroatoms. The van der Waals surface area contributed by atoms with E-state index in [0.717, 1.165) is 15.7 Å². The maximum absolute atomic E-state index is 5.60. The lowest BCUT2D eigenvalue weighted by molar-refractivity contribution is 0.866. The van der Waals surface area contributed by atoms with Crippen molar-refractivity contribution in [2.75, 3.05) is 0 Å². The van der Waals surface area contributed by atoms with E-state index in [-0.39, 0.29) is 11.9 Å². The van der Waals surface area contributed by atoms with Gasteiger partial charge in [-0.2, -0.15) is 4.99 Å². The predicted molar refractivity (Wildman–Crippen MR) is 75.3 cm³/mol. The number of rotatable bonds is 2. The molecule has 17 heavy (non-hydrogen) atoms. The molecule has 1 aromatic carbocycles. The van der Waals surface area contributed by atoms with Crippen molar-refractivity contribution in [3.63, 3.8) is 0 Å². The van der Waals surface area contributed by atoms with Gasteiger partial charge in [-0.15, -0.1) is 0 Å². The van der Waals surface area contributed by atoms with Crippen LogP contribution in [-0.2, 0) is 0 Å². The van der Waals surface area contributed by atoms with Gasteiger partial charge in [-0.3, -0.25) is 0 Å². The van der Waals surface area contributed by atoms with Crippen molar-refractivity contribution in [3.8, 4) is 0 Å². The van der Waals surface area contributed by atoms with Gasteiger partial charge in [-0.1, -0.05) is 29.8 Å². The average molecular weight is 298 g/mol. The van der Waals surface area contributed by atoms with Crippen molar-refractivity contribution < 1.29 is 0 Å². The van der Waals surface area contributed by atoms with E-state index in [1.807, 2.05) is 18.2 Å². The number of hydrogen-bond donors (Lipinski definition) is 3. The molecule has 0 saturated carbocycles. The van der Waals surface area contributed by atoms with E-state index in [9.17, 15) is 0 Å². The summed E-state index contributed by atoms with van der Waals surface area (Å²) < 4.78 is 1.00. The highest BCUT2D eigenvalue weighted by molar-refractivity contribution is 9.10. The Morgan fingerprint density at radius 2 is 1.88 bits per heavy atom. The molecule has 0 heterocycles. The average Bonchev–Trinajstić information content (AvgIpc) is 2.19. The van der Waals surface area contributed by atoms with Crippen molar-refractivity contribution in [2.45, 2.75) is 19.8 Å². The fourth-order valence-electron chi connectivity index (χ4n) is 1.37. The first kappa shape index (κ1) is 13.5. The molecule has 0 fully saturated rings. The summed E-state index contributed by atoms with van der Waals surface area (Å²) in [6.45, 7) is 4.16. The minimum absolute atomic E-state index is 0.0502. The van der Waals surface area contributed by atoms with Crippen molar-refractivity contribution >= 4 is 33.5 Å². The summed E-state index contributed by atoms with van der Waals surface area (Å²) in [6, 6.07) is 5.77. The molecule has 0 aliphatic heterocycles. The number of guanidine groups is 2. The van der Waals surface area contributed by atoms with Gasteiger partial charge in [0.1, 0.15) is 0 Å². The highest BCUT2D eigenvalue weighted by Crippen LogP contribution is 2.29. The zero-order chi connectivity index (χ0) is 13.0. The Labute approximate surface area is 109 Å². The molecule has 0 aliphatic rings. The van der Waals surface area contributed by atoms with E-state index in [1.54, 1.807) is 0 Å². The second-order valence-corrected chi connectivity index (χ2v) is 4.78. The third kappa shape index (κ3) is 4.07. The number of nitrogens with zero attached hydrogens (tertiary/aromatic N) is 2. The van der Waals surface area contributed by atoms with Crippen molar-refractivity contribution in [1.82, 2.24) is 0 Å². The molecule has 92 valence electrons. The third-order valence-electron chi connectivity index (χ3n) is 2.09. The highest BCUT2D eigenvalue weighted by Gasteiger charge is 2.07. The van der Waals surface area contributed by atoms with Crippen LogP contribution >= 0.6 is 15.9 Å². The van der Waals surface area contributed by atoms with Gasteiger partial charge in [-0.25, -0.2) is 4.99 Å². The lowest BCUT2D eigenvalue weighted by atomic mass is 10.0. The molecule has 5 nitrogen and oxygen atoms in total. The van der Waals surface area contributed by atoms with Gasteiger partial charge >= 0.3 is 0 Å². The molecule has 6 N–H and O–H groups in total. The largest absolute Gasteiger partial charge is 0.370 e. The molecule has 0 aliphatic carbocycles. The first-order valence-electron chi connectivity index (χ1n) is 5.13. The first-order chi connectivity index (χ1) is 7.90. The normalized spacial score (nSPS) is 11.6. The van der Waals surface area contributed by atoms with Crippen LogP contribution in [0.2, 0.25) is 0 Å². The third-order valence-corrected chi connectivity index (χ3v) is 2.58. The molecule has 1 aromatic rings. The number of aliphatic imine (C=N–C) groups is 2. The van der Waals surface area contributed by atoms with Crippen LogP contribution in [0.4, 0.5) is 5.69 Å². The maximum Gasteiger partial charge on any atom is 0.223 e. The Morgan fingerprint density at radius 3 is 2.41 bits per heavy atom. The lowest BCUT2D eigenvalue weighted by Gasteiger charge is -2.09. The summed E-state index contributed by atoms with van der Waals surface area (Å²) in [6.07, 6.45) is 0. The van der Waals surface area contributed by atoms with Gasteiger partial charge in [0.05, 0.1) is 5.69 Å². The Kier molecular flexibility index (Phi) is 4.51. The number of benzene rings is 1. The predicted octanol–water partition coefficient (Wildman–Crippen LogP) is 1.79. The minimum atomic E-state index is -0.102. The minimum Gasteiger partial charge on any atom is -0.370 e. The van der Waals surface area contributed by atoms with Crippen LogP contribution in [0, 0.1) is 0 Å². The van der Waals surface area contributed by atoms with E-state index in [1.165, 1.54) is 0 Å². The quantitative estimate of drug-likeness (QED) is 0.573. The molecule has 0 unspecified atom stereocenters. The number of nitrogens with two attached hydrogens (primary N) is 3. The van der Waals surface area contributed by atoms with E-state index in [0.29, 0.717) is 5.92 Å². The van der Waals surface area contributed by atoms with Crippen LogP contribution in [-0.4, -0.2) is 11.9 Å². The van der Waals surface area contributed by atoms with Gasteiger partial charge in [0, 0.05) is 4.47 Å². The second kappa shape index (κ2) is 5.67. The summed E-state index contributed by atoms with van der Waals surface area (Å²) >= 11 is 3.42. The summed E-state index contributed by atoms with van der Waals surface area (Å²) in [4.78, 5) is 7.87. The molecule has 0 saturated heterocycles. The second-order valence-electron chi connectivity index (χ2n) is 3.86. The smallest absolute Gasteiger partial charge is 0.223 e. The molecule has 0 spiro atoms. The Hall–Kier alpha value is -1.56. The van der Waals surface area contributed by atoms with E-state index in [4.69, 9.17) is 17.2 Å². The Balaban J connectivity index is 3.18. The number of halogens is 1. The van der Waals surface area contributed by atoms with Crippen LogP contribution in [0.3, 0.4) is 0 Å². The molecule has 0 aromatic heterocycles. The van der Waals surface area contributed by atoms with Gasteiger partial charge in [0.15, 0.2) is 5.96 Å². The van der Waals surface area contributed by atoms with Crippen LogP contribution in [0.5, 0.6) is 0 Å². The SMILES string of the molecule is CC(C)c1cc(Br)ccc1N=C(N)N=C(N)N. The van der Waals surface area contributed by atoms with Crippen LogP contribution < -0.4 is 17.2 Å². The summed E-state index contributed by atoms with van der Waals surface area (Å²) in [5.41, 5.74) is 17.9. The molecule has 0 atom stereocenters. The molecule has 0 radical (unpaired) electrons. The topological polar surface area (TPSA) is 103 Å². The van der Waals surface area contributed by atoms with E-state index in [2.05, 4.69) is 39.8 Å². The van der Waals surface area contributed by atoms with Crippen molar-refractivity contribution in [3.05, 3.63) is 28.2 Å².